The molecule has 92 valence electrons. The van der Waals surface area contributed by atoms with Gasteiger partial charge in [-0.3, -0.25) is 0 Å². The van der Waals surface area contributed by atoms with E-state index in [2.05, 4.69) is 42.6 Å². The Hall–Kier alpha value is -0.980. The van der Waals surface area contributed by atoms with Crippen LogP contribution in [-0.2, 0) is 0 Å². The van der Waals surface area contributed by atoms with Crippen molar-refractivity contribution < 1.29 is 0 Å². The topological polar surface area (TPSA) is 35.8 Å². The molecular weight excluding hydrogens is 228 g/mol. The van der Waals surface area contributed by atoms with E-state index in [0.717, 1.165) is 25.0 Å². The first-order valence-electron chi connectivity index (χ1n) is 6.04. The number of nitrogens with zero attached hydrogens (tertiary/aromatic N) is 1. The standard InChI is InChI=1S/C14H20N2S/c1-3-14(12-15,16-2)10-7-11-17-13-8-5-4-6-9-13/h4-6,8-9,16H,3,7,10-11H2,1-2H3. The molecule has 0 spiro atoms. The van der Waals surface area contributed by atoms with Crippen LogP contribution in [0.15, 0.2) is 35.2 Å². The molecule has 2 nitrogen and oxygen atoms in total. The summed E-state index contributed by atoms with van der Waals surface area (Å²) in [6.07, 6.45) is 2.83. The first kappa shape index (κ1) is 14.1. The third-order valence-corrected chi connectivity index (χ3v) is 4.15. The normalized spacial score (nSPS) is 13.9. The lowest BCUT2D eigenvalue weighted by atomic mass is 9.93. The van der Waals surface area contributed by atoms with Gasteiger partial charge in [0.2, 0.25) is 0 Å². The molecule has 1 rings (SSSR count). The van der Waals surface area contributed by atoms with E-state index >= 15 is 0 Å². The molecule has 0 aliphatic rings. The van der Waals surface area contributed by atoms with Gasteiger partial charge in [-0.25, -0.2) is 0 Å². The molecular formula is C14H20N2S. The van der Waals surface area contributed by atoms with Crippen molar-refractivity contribution in [3.05, 3.63) is 30.3 Å². The summed E-state index contributed by atoms with van der Waals surface area (Å²) in [6, 6.07) is 12.8. The lowest BCUT2D eigenvalue weighted by molar-refractivity contribution is 0.400. The Kier molecular flexibility index (Phi) is 6.10. The molecule has 0 aromatic heterocycles. The van der Waals surface area contributed by atoms with E-state index in [9.17, 15) is 5.26 Å². The molecule has 1 N–H and O–H groups in total. The largest absolute Gasteiger partial charge is 0.302 e. The molecule has 0 saturated heterocycles. The number of thioether (sulfide) groups is 1. The quantitative estimate of drug-likeness (QED) is 0.593. The molecule has 0 radical (unpaired) electrons. The Labute approximate surface area is 108 Å². The molecule has 0 amide bonds. The van der Waals surface area contributed by atoms with Crippen molar-refractivity contribution in [2.45, 2.75) is 36.6 Å². The van der Waals surface area contributed by atoms with Gasteiger partial charge in [-0.1, -0.05) is 25.1 Å². The van der Waals surface area contributed by atoms with E-state index in [4.69, 9.17) is 0 Å². The lowest BCUT2D eigenvalue weighted by Crippen LogP contribution is -2.40. The van der Waals surface area contributed by atoms with Crippen LogP contribution in [-0.4, -0.2) is 18.3 Å². The first-order chi connectivity index (χ1) is 8.26. The van der Waals surface area contributed by atoms with Crippen LogP contribution in [0.2, 0.25) is 0 Å². The molecule has 1 unspecified atom stereocenters. The summed E-state index contributed by atoms with van der Waals surface area (Å²) in [7, 11) is 1.87. The summed E-state index contributed by atoms with van der Waals surface area (Å²) in [5.41, 5.74) is -0.336. The predicted octanol–water partition coefficient (Wildman–Crippen LogP) is 3.45. The third kappa shape index (κ3) is 4.41. The second-order valence-corrected chi connectivity index (χ2v) is 5.23. The van der Waals surface area contributed by atoms with Gasteiger partial charge in [-0.2, -0.15) is 5.26 Å². The Bertz CT molecular complexity index is 352. The smallest absolute Gasteiger partial charge is 0.106 e. The number of nitriles is 1. The summed E-state index contributed by atoms with van der Waals surface area (Å²) >= 11 is 1.86. The van der Waals surface area contributed by atoms with Crippen LogP contribution in [0.4, 0.5) is 0 Å². The molecule has 1 atom stereocenters. The monoisotopic (exact) mass is 248 g/mol. The molecule has 17 heavy (non-hydrogen) atoms. The molecule has 1 aromatic carbocycles. The van der Waals surface area contributed by atoms with Crippen LogP contribution in [0, 0.1) is 11.3 Å². The minimum absolute atomic E-state index is 0.336. The van der Waals surface area contributed by atoms with Crippen LogP contribution >= 0.6 is 11.8 Å². The number of benzene rings is 1. The van der Waals surface area contributed by atoms with Gasteiger partial charge in [0, 0.05) is 4.90 Å². The van der Waals surface area contributed by atoms with Gasteiger partial charge < -0.3 is 5.32 Å². The van der Waals surface area contributed by atoms with Crippen LogP contribution in [0.5, 0.6) is 0 Å². The highest BCUT2D eigenvalue weighted by atomic mass is 32.2. The zero-order chi connectivity index (χ0) is 12.6. The maximum Gasteiger partial charge on any atom is 0.106 e. The minimum Gasteiger partial charge on any atom is -0.302 e. The third-order valence-electron chi connectivity index (χ3n) is 3.06. The fourth-order valence-electron chi connectivity index (χ4n) is 1.75. The van der Waals surface area contributed by atoms with Crippen molar-refractivity contribution in [1.29, 1.82) is 5.26 Å². The molecule has 0 fully saturated rings. The van der Waals surface area contributed by atoms with Crippen molar-refractivity contribution in [3.63, 3.8) is 0 Å². The predicted molar refractivity (Wildman–Crippen MR) is 74.1 cm³/mol. The highest BCUT2D eigenvalue weighted by molar-refractivity contribution is 7.99. The van der Waals surface area contributed by atoms with Crippen molar-refractivity contribution in [3.8, 4) is 6.07 Å². The van der Waals surface area contributed by atoms with Crippen molar-refractivity contribution in [2.75, 3.05) is 12.8 Å². The minimum atomic E-state index is -0.336. The summed E-state index contributed by atoms with van der Waals surface area (Å²) in [5, 5.41) is 12.3. The molecule has 0 bridgehead atoms. The Balaban J connectivity index is 2.31. The van der Waals surface area contributed by atoms with E-state index in [1.807, 2.05) is 24.9 Å². The number of rotatable bonds is 7. The Morgan fingerprint density at radius 1 is 1.35 bits per heavy atom. The molecule has 0 aliphatic carbocycles. The van der Waals surface area contributed by atoms with E-state index < -0.39 is 0 Å². The fourth-order valence-corrected chi connectivity index (χ4v) is 2.62. The van der Waals surface area contributed by atoms with Gasteiger partial charge >= 0.3 is 0 Å². The van der Waals surface area contributed by atoms with Crippen LogP contribution in [0.3, 0.4) is 0 Å². The van der Waals surface area contributed by atoms with Gasteiger partial charge in [-0.15, -0.1) is 11.8 Å². The summed E-state index contributed by atoms with van der Waals surface area (Å²) in [5.74, 6) is 1.06. The zero-order valence-corrected chi connectivity index (χ0v) is 11.4. The van der Waals surface area contributed by atoms with Gasteiger partial charge in [-0.05, 0) is 44.2 Å². The molecule has 3 heteroatoms. The van der Waals surface area contributed by atoms with Gasteiger partial charge in [0.15, 0.2) is 0 Å². The first-order valence-corrected chi connectivity index (χ1v) is 7.03. The maximum atomic E-state index is 9.17. The van der Waals surface area contributed by atoms with E-state index in [1.165, 1.54) is 4.90 Å². The summed E-state index contributed by atoms with van der Waals surface area (Å²) in [6.45, 7) is 2.06. The van der Waals surface area contributed by atoms with Crippen LogP contribution in [0.1, 0.15) is 26.2 Å². The number of hydrogen-bond donors (Lipinski definition) is 1. The Morgan fingerprint density at radius 3 is 2.59 bits per heavy atom. The zero-order valence-electron chi connectivity index (χ0n) is 10.6. The highest BCUT2D eigenvalue weighted by Crippen LogP contribution is 2.22. The SMILES string of the molecule is CCC(C#N)(CCCSc1ccccc1)NC. The Morgan fingerprint density at radius 2 is 2.06 bits per heavy atom. The van der Waals surface area contributed by atoms with Crippen LogP contribution in [0.25, 0.3) is 0 Å². The molecule has 0 saturated carbocycles. The highest BCUT2D eigenvalue weighted by Gasteiger charge is 2.24. The second-order valence-electron chi connectivity index (χ2n) is 4.06. The van der Waals surface area contributed by atoms with Gasteiger partial charge in [0.25, 0.3) is 0 Å². The molecule has 1 aromatic rings. The summed E-state index contributed by atoms with van der Waals surface area (Å²) < 4.78 is 0. The van der Waals surface area contributed by atoms with E-state index in [-0.39, 0.29) is 5.54 Å². The van der Waals surface area contributed by atoms with Crippen molar-refractivity contribution in [2.24, 2.45) is 0 Å². The number of hydrogen-bond acceptors (Lipinski definition) is 3. The molecule has 0 aliphatic heterocycles. The lowest BCUT2D eigenvalue weighted by Gasteiger charge is -2.24. The van der Waals surface area contributed by atoms with Gasteiger partial charge in [0.1, 0.15) is 5.54 Å². The maximum absolute atomic E-state index is 9.17. The molecule has 0 heterocycles. The van der Waals surface area contributed by atoms with Crippen LogP contribution < -0.4 is 5.32 Å². The number of nitrogens with one attached hydrogen (secondary N) is 1. The summed E-state index contributed by atoms with van der Waals surface area (Å²) in [4.78, 5) is 1.30. The van der Waals surface area contributed by atoms with Gasteiger partial charge in [0.05, 0.1) is 6.07 Å². The van der Waals surface area contributed by atoms with E-state index in [0.29, 0.717) is 0 Å². The average Bonchev–Trinajstić information content (AvgIpc) is 2.41. The van der Waals surface area contributed by atoms with E-state index in [1.54, 1.807) is 0 Å². The second kappa shape index (κ2) is 7.37. The average molecular weight is 248 g/mol. The van der Waals surface area contributed by atoms with Crippen molar-refractivity contribution in [1.82, 2.24) is 5.32 Å². The fraction of sp³-hybridized carbons (Fsp3) is 0.500. The van der Waals surface area contributed by atoms with Crippen molar-refractivity contribution >= 4 is 11.8 Å².